The van der Waals surface area contributed by atoms with E-state index in [1.807, 2.05) is 18.2 Å². The lowest BCUT2D eigenvalue weighted by Crippen LogP contribution is -2.21. The van der Waals surface area contributed by atoms with Crippen molar-refractivity contribution in [3.8, 4) is 0 Å². The molecule has 2 aromatic rings. The minimum absolute atomic E-state index is 0.388. The van der Waals surface area contributed by atoms with E-state index in [0.717, 1.165) is 30.6 Å². The van der Waals surface area contributed by atoms with Crippen molar-refractivity contribution in [2.75, 3.05) is 16.7 Å². The zero-order chi connectivity index (χ0) is 18.8. The largest absolute Gasteiger partial charge is 0.593 e. The van der Waals surface area contributed by atoms with E-state index in [2.05, 4.69) is 53.3 Å². The van der Waals surface area contributed by atoms with Crippen molar-refractivity contribution < 1.29 is 4.55 Å². The van der Waals surface area contributed by atoms with Crippen LogP contribution in [0.15, 0.2) is 66.8 Å². The molecule has 3 N–H and O–H groups in total. The fourth-order valence-corrected chi connectivity index (χ4v) is 5.06. The summed E-state index contributed by atoms with van der Waals surface area (Å²) in [7, 11) is 0. The number of hydrogen-bond donors (Lipinski definition) is 2. The van der Waals surface area contributed by atoms with E-state index in [1.54, 1.807) is 6.26 Å². The Bertz CT molecular complexity index is 874. The van der Waals surface area contributed by atoms with E-state index in [0.29, 0.717) is 17.8 Å². The molecule has 0 amide bonds. The molecule has 0 spiro atoms. The minimum atomic E-state index is -1.07. The predicted molar refractivity (Wildman–Crippen MR) is 115 cm³/mol. The minimum Gasteiger partial charge on any atom is -0.593 e. The van der Waals surface area contributed by atoms with Gasteiger partial charge in [0.05, 0.1) is 17.0 Å². The number of nitrogen functional groups attached to an aromatic ring is 1. The Labute approximate surface area is 164 Å². The molecule has 0 fully saturated rings. The van der Waals surface area contributed by atoms with Gasteiger partial charge in [-0.2, -0.15) is 0 Å². The number of nitrogens with two attached hydrogens (primary N) is 1. The molecule has 0 radical (unpaired) electrons. The zero-order valence-corrected chi connectivity index (χ0v) is 16.4. The molecule has 0 bridgehead atoms. The Morgan fingerprint density at radius 1 is 1.15 bits per heavy atom. The first-order valence-corrected chi connectivity index (χ1v) is 11.1. The van der Waals surface area contributed by atoms with Crippen LogP contribution in [0.1, 0.15) is 29.0 Å². The first-order valence-electron chi connectivity index (χ1n) is 9.53. The van der Waals surface area contributed by atoms with Crippen LogP contribution in [-0.2, 0) is 24.2 Å². The summed E-state index contributed by atoms with van der Waals surface area (Å²) < 4.78 is 14.5. The highest BCUT2D eigenvalue weighted by atomic mass is 32.2. The van der Waals surface area contributed by atoms with Crippen molar-refractivity contribution in [1.29, 1.82) is 0 Å². The van der Waals surface area contributed by atoms with E-state index < -0.39 is 11.4 Å². The van der Waals surface area contributed by atoms with Gasteiger partial charge in [0.1, 0.15) is 6.26 Å². The first kappa shape index (κ1) is 18.2. The number of anilines is 2. The number of benzene rings is 2. The van der Waals surface area contributed by atoms with Gasteiger partial charge in [0.15, 0.2) is 0 Å². The van der Waals surface area contributed by atoms with Gasteiger partial charge in [-0.15, -0.1) is 0 Å². The smallest absolute Gasteiger partial charge is 0.121 e. The summed E-state index contributed by atoms with van der Waals surface area (Å²) in [5.41, 5.74) is 12.1. The van der Waals surface area contributed by atoms with Crippen LogP contribution in [0, 0.1) is 11.8 Å². The highest BCUT2D eigenvalue weighted by molar-refractivity contribution is 7.92. The Morgan fingerprint density at radius 3 is 2.81 bits per heavy atom. The van der Waals surface area contributed by atoms with Gasteiger partial charge in [0.25, 0.3) is 0 Å². The van der Waals surface area contributed by atoms with Gasteiger partial charge in [0, 0.05) is 5.69 Å². The van der Waals surface area contributed by atoms with E-state index in [4.69, 9.17) is 5.73 Å². The molecule has 2 aliphatic rings. The molecule has 4 atom stereocenters. The van der Waals surface area contributed by atoms with Crippen LogP contribution < -0.4 is 10.5 Å². The highest BCUT2D eigenvalue weighted by Crippen LogP contribution is 2.44. The summed E-state index contributed by atoms with van der Waals surface area (Å²) >= 11 is -1.07. The van der Waals surface area contributed by atoms with Crippen LogP contribution in [0.3, 0.4) is 0 Å². The van der Waals surface area contributed by atoms with Gasteiger partial charge < -0.3 is 10.3 Å². The highest BCUT2D eigenvalue weighted by Gasteiger charge is 2.33. The van der Waals surface area contributed by atoms with Crippen LogP contribution in [0.25, 0.3) is 0 Å². The molecule has 2 aliphatic carbocycles. The lowest BCUT2D eigenvalue weighted by atomic mass is 9.74. The van der Waals surface area contributed by atoms with Crippen molar-refractivity contribution in [2.24, 2.45) is 11.8 Å². The van der Waals surface area contributed by atoms with Crippen LogP contribution in [0.2, 0.25) is 0 Å². The lowest BCUT2D eigenvalue weighted by Gasteiger charge is -2.30. The number of allylic oxidation sites excluding steroid dienone is 4. The van der Waals surface area contributed by atoms with Gasteiger partial charge >= 0.3 is 0 Å². The van der Waals surface area contributed by atoms with Crippen molar-refractivity contribution in [3.05, 3.63) is 83.5 Å². The molecular weight excluding hydrogens is 352 g/mol. The Hall–Kier alpha value is -2.17. The van der Waals surface area contributed by atoms with Gasteiger partial charge in [-0.05, 0) is 71.9 Å². The second kappa shape index (κ2) is 7.83. The molecule has 140 valence electrons. The van der Waals surface area contributed by atoms with Gasteiger partial charge in [0.2, 0.25) is 0 Å². The van der Waals surface area contributed by atoms with Gasteiger partial charge in [-0.1, -0.05) is 48.6 Å². The monoisotopic (exact) mass is 378 g/mol. The maximum Gasteiger partial charge on any atom is 0.121 e. The molecule has 0 heterocycles. The molecule has 27 heavy (non-hydrogen) atoms. The van der Waals surface area contributed by atoms with Crippen molar-refractivity contribution in [3.63, 3.8) is 0 Å². The fourth-order valence-electron chi connectivity index (χ4n) is 4.60. The average Bonchev–Trinajstić information content (AvgIpc) is 2.80. The Balaban J connectivity index is 1.71. The molecule has 0 aromatic heterocycles. The molecule has 4 unspecified atom stereocenters. The molecule has 0 saturated heterocycles. The van der Waals surface area contributed by atoms with E-state index in [9.17, 15) is 4.55 Å². The van der Waals surface area contributed by atoms with Crippen molar-refractivity contribution >= 4 is 22.7 Å². The van der Waals surface area contributed by atoms with E-state index in [-0.39, 0.29) is 0 Å². The zero-order valence-electron chi connectivity index (χ0n) is 15.6. The third-order valence-corrected chi connectivity index (χ3v) is 6.30. The summed E-state index contributed by atoms with van der Waals surface area (Å²) in [5.74, 6) is 1.42. The molecule has 4 rings (SSSR count). The molecular formula is C23H26N2OS. The maximum atomic E-state index is 11.5. The summed E-state index contributed by atoms with van der Waals surface area (Å²) in [4.78, 5) is 0. The third kappa shape index (κ3) is 3.92. The Morgan fingerprint density at radius 2 is 1.96 bits per heavy atom. The molecule has 0 aliphatic heterocycles. The number of nitrogens with one attached hydrogen (secondary N) is 1. The van der Waals surface area contributed by atoms with Crippen LogP contribution in [0.5, 0.6) is 0 Å². The second-order valence-electron chi connectivity index (χ2n) is 7.53. The second-order valence-corrected chi connectivity index (χ2v) is 8.64. The van der Waals surface area contributed by atoms with Crippen molar-refractivity contribution in [2.45, 2.75) is 25.2 Å². The topological polar surface area (TPSA) is 61.1 Å². The van der Waals surface area contributed by atoms with Crippen LogP contribution >= 0.6 is 0 Å². The lowest BCUT2D eigenvalue weighted by molar-refractivity contribution is 0.386. The van der Waals surface area contributed by atoms with Crippen LogP contribution in [-0.4, -0.2) is 10.8 Å². The molecule has 0 saturated carbocycles. The summed E-state index contributed by atoms with van der Waals surface area (Å²) in [6, 6.07) is 14.7. The first-order chi connectivity index (χ1) is 13.1. The van der Waals surface area contributed by atoms with Crippen molar-refractivity contribution in [1.82, 2.24) is 0 Å². The third-order valence-electron chi connectivity index (χ3n) is 5.78. The normalized spacial score (nSPS) is 24.6. The number of fused-ring (bicyclic) bond motifs is 2. The summed E-state index contributed by atoms with van der Waals surface area (Å²) in [6.07, 6.45) is 13.9. The van der Waals surface area contributed by atoms with E-state index in [1.165, 1.54) is 16.7 Å². The number of hydrogen-bond acceptors (Lipinski definition) is 3. The average molecular weight is 379 g/mol. The fraction of sp³-hybridized carbons (Fsp3) is 0.304. The SMILES string of the molecule is C[S+]([O-])Nc1cccc(CC2c3cccc(N)c3CCC3C=CC=CC32)c1. The Kier molecular flexibility index (Phi) is 5.28. The summed E-state index contributed by atoms with van der Waals surface area (Å²) in [6.45, 7) is 0. The standard InChI is InChI=1S/C23H26N2OS/c1-27(26)25-18-8-4-6-16(14-18)15-22-19-9-3-2-7-17(19)12-13-21-20(22)10-5-11-23(21)24/h2-11,14,17,19,22,25H,12-13,15,24H2,1H3. The predicted octanol–water partition coefficient (Wildman–Crippen LogP) is 4.61. The molecule has 2 aromatic carbocycles. The summed E-state index contributed by atoms with van der Waals surface area (Å²) in [5, 5.41) is 0. The van der Waals surface area contributed by atoms with E-state index >= 15 is 0 Å². The molecule has 3 nitrogen and oxygen atoms in total. The van der Waals surface area contributed by atoms with Gasteiger partial charge in [-0.25, -0.2) is 4.72 Å². The quantitative estimate of drug-likeness (QED) is 0.603. The number of rotatable bonds is 4. The maximum absolute atomic E-state index is 11.5. The molecule has 4 heteroatoms. The van der Waals surface area contributed by atoms with Crippen LogP contribution in [0.4, 0.5) is 11.4 Å². The van der Waals surface area contributed by atoms with Gasteiger partial charge in [-0.3, -0.25) is 0 Å².